The number of urea groups is 1. The summed E-state index contributed by atoms with van der Waals surface area (Å²) in [6.45, 7) is 6.65. The van der Waals surface area contributed by atoms with Gasteiger partial charge in [0.1, 0.15) is 11.8 Å². The second-order valence-corrected chi connectivity index (χ2v) is 15.6. The minimum absolute atomic E-state index is 0.0334. The summed E-state index contributed by atoms with van der Waals surface area (Å²) in [6.07, 6.45) is -0.0312. The number of carbonyl (C=O) groups excluding carboxylic acids is 5. The van der Waals surface area contributed by atoms with Gasteiger partial charge >= 0.3 is 12.2 Å². The summed E-state index contributed by atoms with van der Waals surface area (Å²) >= 11 is 1.88. The molecule has 314 valence electrons. The number of halogens is 3. The predicted octanol–water partition coefficient (Wildman–Crippen LogP) is 2.40. The molecule has 3 aliphatic heterocycles. The van der Waals surface area contributed by atoms with E-state index in [2.05, 4.69) is 37.4 Å². The van der Waals surface area contributed by atoms with Crippen LogP contribution in [0.4, 0.5) is 18.0 Å². The molecule has 15 nitrogen and oxygen atoms in total. The number of hydrogen-bond donors (Lipinski definition) is 7. The molecule has 3 aliphatic rings. The van der Waals surface area contributed by atoms with Crippen LogP contribution in [0.1, 0.15) is 81.1 Å². The number of fused-ring (bicyclic) bond motifs is 1. The van der Waals surface area contributed by atoms with E-state index in [-0.39, 0.29) is 66.2 Å². The summed E-state index contributed by atoms with van der Waals surface area (Å²) in [5.41, 5.74) is 1.83. The Balaban J connectivity index is 0.979. The average molecular weight is 816 g/mol. The van der Waals surface area contributed by atoms with E-state index in [1.54, 1.807) is 13.8 Å². The number of amides is 5. The first-order valence-electron chi connectivity index (χ1n) is 19.3. The Morgan fingerprint density at radius 2 is 1.48 bits per heavy atom. The molecule has 0 radical (unpaired) electrons. The van der Waals surface area contributed by atoms with Gasteiger partial charge in [-0.05, 0) is 49.8 Å². The first kappa shape index (κ1) is 45.2. The molecule has 0 saturated carbocycles. The first-order chi connectivity index (χ1) is 26.8. The fourth-order valence-corrected chi connectivity index (χ4v) is 7.83. The van der Waals surface area contributed by atoms with Crippen LogP contribution in [0.15, 0.2) is 24.3 Å². The van der Waals surface area contributed by atoms with Crippen LogP contribution in [0.5, 0.6) is 0 Å². The van der Waals surface area contributed by atoms with E-state index in [1.807, 2.05) is 11.8 Å². The number of carbonyl (C=O) groups is 5. The maximum Gasteiger partial charge on any atom is 0.426 e. The van der Waals surface area contributed by atoms with Crippen molar-refractivity contribution in [2.45, 2.75) is 100 Å². The molecule has 4 rings (SSSR count). The predicted molar refractivity (Wildman–Crippen MR) is 202 cm³/mol. The van der Waals surface area contributed by atoms with Gasteiger partial charge in [-0.2, -0.15) is 24.9 Å². The van der Waals surface area contributed by atoms with E-state index in [0.29, 0.717) is 70.7 Å². The molecule has 0 spiro atoms. The molecule has 1 aromatic carbocycles. The highest BCUT2D eigenvalue weighted by atomic mass is 32.2. The number of Topliss-reactive ketones (excluding diaryl/α,β-unsaturated/α-hetero) is 1. The third-order valence-corrected chi connectivity index (χ3v) is 11.2. The van der Waals surface area contributed by atoms with Crippen LogP contribution >= 0.6 is 11.8 Å². The minimum Gasteiger partial charge on any atom is -0.379 e. The van der Waals surface area contributed by atoms with Crippen LogP contribution in [0, 0.1) is 5.92 Å². The van der Waals surface area contributed by atoms with E-state index in [1.165, 1.54) is 24.3 Å². The van der Waals surface area contributed by atoms with Gasteiger partial charge in [-0.3, -0.25) is 19.2 Å². The summed E-state index contributed by atoms with van der Waals surface area (Å²) in [6, 6.07) is 4.18. The normalized spacial score (nSPS) is 20.2. The zero-order chi connectivity index (χ0) is 40.6. The molecule has 1 aromatic rings. The standard InChI is InChI=1S/C37H56F3N7O8S/c1-24(2)29(48)14-13-27(43-33(50)25-9-11-26(12-10-25)36(46-47-36)37(38,39)40)34(51)42-16-6-18-54-20-22-55-21-19-53-17-5-15-41-31(49)8-4-3-7-30-32-28(23-56-30)44-35(52)45-32/h9-12,24,27-28,30,32,46-47H,3-8,13-23H2,1-2H3,(H,41,49)(H,42,51)(H,43,50)(H2,44,45,52)/t27?,28-,30-,32-/m0/s1. The molecule has 3 heterocycles. The monoisotopic (exact) mass is 815 g/mol. The second-order valence-electron chi connectivity index (χ2n) is 14.3. The number of ketones is 1. The summed E-state index contributed by atoms with van der Waals surface area (Å²) in [5, 5.41) is 14.6. The van der Waals surface area contributed by atoms with Crippen molar-refractivity contribution >= 4 is 41.3 Å². The summed E-state index contributed by atoms with van der Waals surface area (Å²) in [4.78, 5) is 61.8. The summed E-state index contributed by atoms with van der Waals surface area (Å²) in [7, 11) is 0. The molecular formula is C37H56F3N7O8S. The van der Waals surface area contributed by atoms with Crippen LogP contribution in [0.3, 0.4) is 0 Å². The highest BCUT2D eigenvalue weighted by Gasteiger charge is 2.65. The van der Waals surface area contributed by atoms with Gasteiger partial charge in [0.15, 0.2) is 0 Å². The minimum atomic E-state index is -4.58. The largest absolute Gasteiger partial charge is 0.426 e. The molecule has 19 heteroatoms. The van der Waals surface area contributed by atoms with Crippen LogP contribution < -0.4 is 37.4 Å². The lowest BCUT2D eigenvalue weighted by atomic mass is 10.00. The highest BCUT2D eigenvalue weighted by Crippen LogP contribution is 2.42. The number of thioether (sulfide) groups is 1. The van der Waals surface area contributed by atoms with Crippen molar-refractivity contribution < 1.29 is 51.4 Å². The van der Waals surface area contributed by atoms with Crippen molar-refractivity contribution in [3.8, 4) is 0 Å². The van der Waals surface area contributed by atoms with Crippen LogP contribution in [-0.2, 0) is 34.3 Å². The lowest BCUT2D eigenvalue weighted by molar-refractivity contribution is -0.165. The van der Waals surface area contributed by atoms with Crippen molar-refractivity contribution in [2.75, 3.05) is 58.5 Å². The van der Waals surface area contributed by atoms with E-state index < -0.39 is 29.7 Å². The Hall–Kier alpha value is -3.49. The lowest BCUT2D eigenvalue weighted by Crippen LogP contribution is -2.47. The van der Waals surface area contributed by atoms with Gasteiger partial charge < -0.3 is 40.8 Å². The lowest BCUT2D eigenvalue weighted by Gasteiger charge is -2.19. The number of benzene rings is 1. The van der Waals surface area contributed by atoms with E-state index in [4.69, 9.17) is 14.2 Å². The molecule has 0 aromatic heterocycles. The Kier molecular flexibility index (Phi) is 18.1. The number of nitrogens with one attached hydrogen (secondary N) is 7. The number of hydrazine groups is 1. The SMILES string of the molecule is CC(C)C(=O)CCC(NC(=O)c1ccc(C2(C(F)(F)F)NN2)cc1)C(=O)NCCCOCCOCCOCCCNC(=O)CCCC[C@@H]1SC[C@@H]2NC(=O)N[C@@H]21. The molecule has 5 amide bonds. The van der Waals surface area contributed by atoms with Crippen LogP contribution in [-0.4, -0.2) is 118 Å². The molecular weight excluding hydrogens is 760 g/mol. The van der Waals surface area contributed by atoms with E-state index >= 15 is 0 Å². The number of alkyl halides is 3. The van der Waals surface area contributed by atoms with Gasteiger partial charge in [0.25, 0.3) is 5.91 Å². The summed E-state index contributed by atoms with van der Waals surface area (Å²) < 4.78 is 56.8. The number of unbranched alkanes of at least 4 members (excludes halogenated alkanes) is 1. The zero-order valence-electron chi connectivity index (χ0n) is 32.0. The van der Waals surface area contributed by atoms with Gasteiger partial charge in [0, 0.05) is 61.6 Å². The van der Waals surface area contributed by atoms with Crippen molar-refractivity contribution in [1.82, 2.24) is 37.4 Å². The molecule has 0 aliphatic carbocycles. The van der Waals surface area contributed by atoms with Gasteiger partial charge in [-0.15, -0.1) is 0 Å². The molecule has 3 fully saturated rings. The fraction of sp³-hybridized carbons (Fsp3) is 0.703. The maximum absolute atomic E-state index is 13.4. The Morgan fingerprint density at radius 1 is 0.857 bits per heavy atom. The number of ether oxygens (including phenoxy) is 3. The Morgan fingerprint density at radius 3 is 2.09 bits per heavy atom. The zero-order valence-corrected chi connectivity index (χ0v) is 32.8. The van der Waals surface area contributed by atoms with Gasteiger partial charge in [0.2, 0.25) is 17.5 Å². The van der Waals surface area contributed by atoms with E-state index in [0.717, 1.165) is 25.0 Å². The fourth-order valence-electron chi connectivity index (χ4n) is 6.28. The van der Waals surface area contributed by atoms with Gasteiger partial charge in [-0.1, -0.05) is 32.4 Å². The summed E-state index contributed by atoms with van der Waals surface area (Å²) in [5.74, 6) is -0.479. The Labute approximate surface area is 329 Å². The van der Waals surface area contributed by atoms with Gasteiger partial charge in [0.05, 0.1) is 38.5 Å². The first-order valence-corrected chi connectivity index (χ1v) is 20.4. The third-order valence-electron chi connectivity index (χ3n) is 9.70. The van der Waals surface area contributed by atoms with Crippen molar-refractivity contribution in [3.63, 3.8) is 0 Å². The topological polar surface area (TPSA) is 217 Å². The van der Waals surface area contributed by atoms with E-state index in [9.17, 15) is 37.1 Å². The molecule has 56 heavy (non-hydrogen) atoms. The van der Waals surface area contributed by atoms with Crippen molar-refractivity contribution in [3.05, 3.63) is 35.4 Å². The quantitative estimate of drug-likeness (QED) is 0.0389. The molecule has 0 bridgehead atoms. The third kappa shape index (κ3) is 14.2. The maximum atomic E-state index is 13.4. The van der Waals surface area contributed by atoms with Crippen molar-refractivity contribution in [1.29, 1.82) is 0 Å². The molecule has 4 atom stereocenters. The second kappa shape index (κ2) is 22.4. The Bertz CT molecular complexity index is 1450. The molecule has 7 N–H and O–H groups in total. The number of hydrogen-bond acceptors (Lipinski definition) is 11. The smallest absolute Gasteiger partial charge is 0.379 e. The highest BCUT2D eigenvalue weighted by molar-refractivity contribution is 8.00. The average Bonchev–Trinajstić information content (AvgIpc) is 3.80. The molecule has 1 unspecified atom stereocenters. The van der Waals surface area contributed by atoms with Crippen LogP contribution in [0.25, 0.3) is 0 Å². The van der Waals surface area contributed by atoms with Gasteiger partial charge in [-0.25, -0.2) is 15.6 Å². The van der Waals surface area contributed by atoms with Crippen molar-refractivity contribution in [2.24, 2.45) is 5.92 Å². The van der Waals surface area contributed by atoms with Crippen LogP contribution in [0.2, 0.25) is 0 Å². The number of rotatable bonds is 27. The molecule has 3 saturated heterocycles.